The first-order valence-electron chi connectivity index (χ1n) is 15.7. The molecule has 0 N–H and O–H groups in total. The summed E-state index contributed by atoms with van der Waals surface area (Å²) in [5, 5.41) is 0. The van der Waals surface area contributed by atoms with E-state index in [-0.39, 0.29) is 0 Å². The third-order valence-corrected chi connectivity index (χ3v) is 9.41. The summed E-state index contributed by atoms with van der Waals surface area (Å²) in [5.74, 6) is 4.50. The van der Waals surface area contributed by atoms with Gasteiger partial charge >= 0.3 is 0 Å². The lowest BCUT2D eigenvalue weighted by molar-refractivity contribution is 0.248. The van der Waals surface area contributed by atoms with Gasteiger partial charge in [-0.1, -0.05) is 115 Å². The van der Waals surface area contributed by atoms with Gasteiger partial charge in [-0.2, -0.15) is 0 Å². The number of unbranched alkanes of at least 4 members (excludes halogenated alkanes) is 4. The van der Waals surface area contributed by atoms with E-state index in [1.54, 1.807) is 0 Å². The number of hydrogen-bond acceptors (Lipinski definition) is 2. The van der Waals surface area contributed by atoms with Crippen LogP contribution in [0.2, 0.25) is 0 Å². The lowest BCUT2D eigenvalue weighted by Gasteiger charge is -2.28. The van der Waals surface area contributed by atoms with Gasteiger partial charge in [-0.3, -0.25) is 0 Å². The normalized spacial score (nSPS) is 24.6. The molecule has 0 bridgehead atoms. The van der Waals surface area contributed by atoms with Gasteiger partial charge in [-0.05, 0) is 73.3 Å². The molecule has 2 heteroatoms. The molecular formula is C34H52N2. The highest BCUT2D eigenvalue weighted by Gasteiger charge is 2.22. The SMILES string of the molecule is CCCCCCCC1CCC(CCc2cnc(-c3ccc(C4CCC(CCC)CC4)cc3)nc2)CC1. The standard InChI is InChI=1S/C34H52N2/c1-3-5-6-7-8-10-28-11-13-29(14-12-28)15-16-30-25-35-34(36-26-30)33-23-21-32(22-24-33)31-19-17-27(9-4-2)18-20-31/h21-29,31H,3-20H2,1-2H3. The van der Waals surface area contributed by atoms with Crippen molar-refractivity contribution in [2.45, 2.75) is 135 Å². The molecule has 2 saturated carbocycles. The minimum absolute atomic E-state index is 0.747. The van der Waals surface area contributed by atoms with Crippen molar-refractivity contribution in [1.29, 1.82) is 0 Å². The van der Waals surface area contributed by atoms with Crippen LogP contribution in [0, 0.1) is 17.8 Å². The molecule has 2 aliphatic rings. The maximum atomic E-state index is 4.74. The van der Waals surface area contributed by atoms with Gasteiger partial charge < -0.3 is 0 Å². The van der Waals surface area contributed by atoms with Gasteiger partial charge in [0.25, 0.3) is 0 Å². The fraction of sp³-hybridized carbons (Fsp3) is 0.706. The van der Waals surface area contributed by atoms with E-state index in [1.165, 1.54) is 120 Å². The number of nitrogens with zero attached hydrogens (tertiary/aromatic N) is 2. The van der Waals surface area contributed by atoms with Gasteiger partial charge in [0.15, 0.2) is 5.82 Å². The van der Waals surface area contributed by atoms with E-state index in [9.17, 15) is 0 Å². The highest BCUT2D eigenvalue weighted by atomic mass is 14.9. The van der Waals surface area contributed by atoms with Crippen molar-refractivity contribution in [2.75, 3.05) is 0 Å². The smallest absolute Gasteiger partial charge is 0.159 e. The van der Waals surface area contributed by atoms with Crippen LogP contribution in [0.15, 0.2) is 36.7 Å². The fourth-order valence-electron chi connectivity index (χ4n) is 6.95. The van der Waals surface area contributed by atoms with Crippen LogP contribution in [0.1, 0.15) is 140 Å². The summed E-state index contributed by atoms with van der Waals surface area (Å²) in [7, 11) is 0. The molecule has 4 rings (SSSR count). The van der Waals surface area contributed by atoms with Gasteiger partial charge in [0.1, 0.15) is 0 Å². The summed E-state index contributed by atoms with van der Waals surface area (Å²) < 4.78 is 0. The zero-order chi connectivity index (χ0) is 25.0. The molecule has 0 aliphatic heterocycles. The third-order valence-electron chi connectivity index (χ3n) is 9.41. The zero-order valence-electron chi connectivity index (χ0n) is 23.4. The van der Waals surface area contributed by atoms with Crippen LogP contribution in [0.3, 0.4) is 0 Å². The lowest BCUT2D eigenvalue weighted by Crippen LogP contribution is -2.15. The molecule has 0 amide bonds. The Kier molecular flexibility index (Phi) is 11.3. The number of aryl methyl sites for hydroxylation is 1. The monoisotopic (exact) mass is 488 g/mol. The van der Waals surface area contributed by atoms with Crippen LogP contribution in [-0.4, -0.2) is 9.97 Å². The molecule has 0 atom stereocenters. The zero-order valence-corrected chi connectivity index (χ0v) is 23.4. The van der Waals surface area contributed by atoms with E-state index in [0.717, 1.165) is 41.5 Å². The molecule has 2 aromatic rings. The lowest BCUT2D eigenvalue weighted by atomic mass is 9.77. The molecule has 1 heterocycles. The summed E-state index contributed by atoms with van der Waals surface area (Å²) in [4.78, 5) is 9.48. The highest BCUT2D eigenvalue weighted by molar-refractivity contribution is 5.55. The van der Waals surface area contributed by atoms with Gasteiger partial charge in [-0.15, -0.1) is 0 Å². The fourth-order valence-corrected chi connectivity index (χ4v) is 6.95. The Morgan fingerprint density at radius 3 is 1.83 bits per heavy atom. The molecule has 198 valence electrons. The van der Waals surface area contributed by atoms with E-state index in [4.69, 9.17) is 9.97 Å². The van der Waals surface area contributed by atoms with E-state index in [2.05, 4.69) is 50.5 Å². The van der Waals surface area contributed by atoms with E-state index < -0.39 is 0 Å². The number of benzene rings is 1. The minimum Gasteiger partial charge on any atom is -0.236 e. The first-order valence-corrected chi connectivity index (χ1v) is 15.7. The van der Waals surface area contributed by atoms with Crippen LogP contribution < -0.4 is 0 Å². The van der Waals surface area contributed by atoms with E-state index in [0.29, 0.717) is 0 Å². The molecule has 0 saturated heterocycles. The quantitative estimate of drug-likeness (QED) is 0.262. The summed E-state index contributed by atoms with van der Waals surface area (Å²) in [6.45, 7) is 4.63. The Morgan fingerprint density at radius 1 is 0.611 bits per heavy atom. The highest BCUT2D eigenvalue weighted by Crippen LogP contribution is 2.38. The van der Waals surface area contributed by atoms with Crippen molar-refractivity contribution >= 4 is 0 Å². The molecule has 2 fully saturated rings. The van der Waals surface area contributed by atoms with Crippen molar-refractivity contribution < 1.29 is 0 Å². The van der Waals surface area contributed by atoms with Crippen molar-refractivity contribution in [3.05, 3.63) is 47.8 Å². The van der Waals surface area contributed by atoms with Crippen LogP contribution >= 0.6 is 0 Å². The van der Waals surface area contributed by atoms with Crippen LogP contribution in [0.5, 0.6) is 0 Å². The topological polar surface area (TPSA) is 25.8 Å². The van der Waals surface area contributed by atoms with Crippen molar-refractivity contribution in [3.8, 4) is 11.4 Å². The predicted octanol–water partition coefficient (Wildman–Crippen LogP) is 10.3. The van der Waals surface area contributed by atoms with Gasteiger partial charge in [0, 0.05) is 18.0 Å². The largest absolute Gasteiger partial charge is 0.236 e. The average Bonchev–Trinajstić information content (AvgIpc) is 2.93. The van der Waals surface area contributed by atoms with Crippen molar-refractivity contribution in [3.63, 3.8) is 0 Å². The number of aromatic nitrogens is 2. The Balaban J connectivity index is 1.17. The molecule has 36 heavy (non-hydrogen) atoms. The molecule has 0 unspecified atom stereocenters. The minimum atomic E-state index is 0.747. The molecule has 0 spiro atoms. The summed E-state index contributed by atoms with van der Waals surface area (Å²) in [6.07, 6.45) is 29.3. The Hall–Kier alpha value is -1.70. The van der Waals surface area contributed by atoms with Gasteiger partial charge in [-0.25, -0.2) is 9.97 Å². The molecule has 1 aromatic heterocycles. The average molecular weight is 489 g/mol. The Labute approximate surface area is 222 Å². The molecule has 2 nitrogen and oxygen atoms in total. The van der Waals surface area contributed by atoms with Crippen LogP contribution in [-0.2, 0) is 6.42 Å². The second-order valence-electron chi connectivity index (χ2n) is 12.2. The summed E-state index contributed by atoms with van der Waals surface area (Å²) in [6, 6.07) is 9.15. The first kappa shape index (κ1) is 27.3. The summed E-state index contributed by atoms with van der Waals surface area (Å²) in [5.41, 5.74) is 3.96. The third kappa shape index (κ3) is 8.42. The molecule has 1 aromatic carbocycles. The maximum Gasteiger partial charge on any atom is 0.159 e. The number of hydrogen-bond donors (Lipinski definition) is 0. The first-order chi connectivity index (χ1) is 17.7. The van der Waals surface area contributed by atoms with Gasteiger partial charge in [0.05, 0.1) is 0 Å². The van der Waals surface area contributed by atoms with Crippen molar-refractivity contribution in [1.82, 2.24) is 9.97 Å². The van der Waals surface area contributed by atoms with E-state index >= 15 is 0 Å². The van der Waals surface area contributed by atoms with Crippen LogP contribution in [0.4, 0.5) is 0 Å². The van der Waals surface area contributed by atoms with Crippen molar-refractivity contribution in [2.24, 2.45) is 17.8 Å². The predicted molar refractivity (Wildman–Crippen MR) is 154 cm³/mol. The summed E-state index contributed by atoms with van der Waals surface area (Å²) >= 11 is 0. The molecular weight excluding hydrogens is 436 g/mol. The van der Waals surface area contributed by atoms with E-state index in [1.807, 2.05) is 0 Å². The maximum absolute atomic E-state index is 4.74. The van der Waals surface area contributed by atoms with Gasteiger partial charge in [0.2, 0.25) is 0 Å². The second kappa shape index (κ2) is 14.9. The second-order valence-corrected chi connectivity index (χ2v) is 12.2. The Morgan fingerprint density at radius 2 is 1.19 bits per heavy atom. The van der Waals surface area contributed by atoms with Crippen LogP contribution in [0.25, 0.3) is 11.4 Å². The number of rotatable bonds is 13. The Bertz CT molecular complexity index is 840. The molecule has 2 aliphatic carbocycles. The molecule has 0 radical (unpaired) electrons.